The van der Waals surface area contributed by atoms with Crippen molar-refractivity contribution in [1.29, 1.82) is 0 Å². The average molecular weight is 200 g/mol. The van der Waals surface area contributed by atoms with Crippen molar-refractivity contribution in [2.75, 3.05) is 20.0 Å². The van der Waals surface area contributed by atoms with Crippen molar-refractivity contribution >= 4 is 24.1 Å². The summed E-state index contributed by atoms with van der Waals surface area (Å²) in [5, 5.41) is 8.21. The van der Waals surface area contributed by atoms with Crippen molar-refractivity contribution in [2.24, 2.45) is 0 Å². The maximum Gasteiger partial charge on any atom is 0.389 e. The quantitative estimate of drug-likeness (QED) is 0.672. The lowest BCUT2D eigenvalue weighted by Crippen LogP contribution is -1.98. The Hall–Kier alpha value is -0.0300. The van der Waals surface area contributed by atoms with Crippen molar-refractivity contribution in [1.82, 2.24) is 0 Å². The lowest BCUT2D eigenvalue weighted by molar-refractivity contribution is -0.133. The van der Waals surface area contributed by atoms with Gasteiger partial charge in [-0.1, -0.05) is 0 Å². The molecule has 11 heavy (non-hydrogen) atoms. The molecule has 0 spiro atoms. The van der Waals surface area contributed by atoms with Crippen LogP contribution in [0.25, 0.3) is 0 Å². The molecule has 66 valence electrons. The first-order valence-corrected chi connectivity index (χ1v) is 5.75. The maximum atomic E-state index is 11.1. The van der Waals surface area contributed by atoms with E-state index in [1.165, 1.54) is 14.2 Å². The summed E-state index contributed by atoms with van der Waals surface area (Å²) in [4.78, 5) is 10.0. The van der Waals surface area contributed by atoms with E-state index in [4.69, 9.17) is 5.11 Å². The molecule has 0 aliphatic carbocycles. The van der Waals surface area contributed by atoms with Crippen molar-refractivity contribution in [2.45, 2.75) is 0 Å². The molecule has 0 rings (SSSR count). The van der Waals surface area contributed by atoms with Crippen LogP contribution in [0, 0.1) is 0 Å². The summed E-state index contributed by atoms with van der Waals surface area (Å²) in [6.07, 6.45) is 0. The zero-order chi connectivity index (χ0) is 8.91. The highest BCUT2D eigenvalue weighted by Gasteiger charge is 2.22. The van der Waals surface area contributed by atoms with Crippen LogP contribution in [0.5, 0.6) is 0 Å². The second-order valence-electron chi connectivity index (χ2n) is 1.48. The van der Waals surface area contributed by atoms with Crippen LogP contribution in [-0.4, -0.2) is 31.0 Å². The molecule has 0 aromatic carbocycles. The van der Waals surface area contributed by atoms with Crippen LogP contribution in [0.15, 0.2) is 0 Å². The number of aliphatic carboxylic acids is 1. The lowest BCUT2D eigenvalue weighted by Gasteiger charge is -2.09. The SMILES string of the molecule is COP(=O)(OC)SCC(=O)O. The number of hydrogen-bond acceptors (Lipinski definition) is 5. The summed E-state index contributed by atoms with van der Waals surface area (Å²) in [6, 6.07) is 0. The third kappa shape index (κ3) is 4.42. The van der Waals surface area contributed by atoms with Gasteiger partial charge in [-0.15, -0.1) is 0 Å². The molecular weight excluding hydrogens is 191 g/mol. The number of rotatable bonds is 5. The molecule has 0 unspecified atom stereocenters. The molecule has 0 saturated carbocycles. The van der Waals surface area contributed by atoms with Crippen LogP contribution in [-0.2, 0) is 18.4 Å². The van der Waals surface area contributed by atoms with Gasteiger partial charge in [-0.2, -0.15) is 0 Å². The van der Waals surface area contributed by atoms with Gasteiger partial charge in [0.1, 0.15) is 5.75 Å². The zero-order valence-electron chi connectivity index (χ0n) is 6.14. The molecule has 0 saturated heterocycles. The first-order chi connectivity index (χ1) is 5.04. The summed E-state index contributed by atoms with van der Waals surface area (Å²) in [7, 11) is 2.41. The van der Waals surface area contributed by atoms with E-state index in [0.29, 0.717) is 11.4 Å². The van der Waals surface area contributed by atoms with Gasteiger partial charge in [-0.05, 0) is 11.4 Å². The number of carbonyl (C=O) groups is 1. The summed E-state index contributed by atoms with van der Waals surface area (Å²) >= 11 is 0.644. The van der Waals surface area contributed by atoms with Crippen LogP contribution in [0.1, 0.15) is 0 Å². The molecule has 0 heterocycles. The first kappa shape index (κ1) is 11.0. The molecule has 0 aliphatic heterocycles. The van der Waals surface area contributed by atoms with Gasteiger partial charge in [0.2, 0.25) is 0 Å². The third-order valence-electron chi connectivity index (χ3n) is 0.793. The highest BCUT2D eigenvalue weighted by atomic mass is 32.7. The second-order valence-corrected chi connectivity index (χ2v) is 5.77. The summed E-state index contributed by atoms with van der Waals surface area (Å²) in [6.45, 7) is -3.20. The minimum atomic E-state index is -3.20. The molecule has 0 fully saturated rings. The molecule has 0 aromatic heterocycles. The van der Waals surface area contributed by atoms with Crippen molar-refractivity contribution < 1.29 is 23.5 Å². The minimum Gasteiger partial charge on any atom is -0.481 e. The molecule has 0 amide bonds. The third-order valence-corrected chi connectivity index (χ3v) is 4.61. The Kier molecular flexibility index (Phi) is 4.76. The number of carboxylic acid groups (broad SMARTS) is 1. The molecule has 0 aliphatic rings. The molecule has 0 aromatic rings. The van der Waals surface area contributed by atoms with E-state index in [2.05, 4.69) is 9.05 Å². The average Bonchev–Trinajstić information content (AvgIpc) is 2.00. The lowest BCUT2D eigenvalue weighted by atomic mass is 10.8. The van der Waals surface area contributed by atoms with Gasteiger partial charge in [-0.25, -0.2) is 4.57 Å². The zero-order valence-corrected chi connectivity index (χ0v) is 7.85. The van der Waals surface area contributed by atoms with Gasteiger partial charge in [0.05, 0.1) is 0 Å². The van der Waals surface area contributed by atoms with Gasteiger partial charge in [0, 0.05) is 14.2 Å². The van der Waals surface area contributed by atoms with E-state index in [-0.39, 0.29) is 5.75 Å². The maximum absolute atomic E-state index is 11.1. The molecule has 0 radical (unpaired) electrons. The Balaban J connectivity index is 3.89. The van der Waals surface area contributed by atoms with E-state index in [1.807, 2.05) is 0 Å². The van der Waals surface area contributed by atoms with Gasteiger partial charge in [-0.3, -0.25) is 4.79 Å². The Morgan fingerprint density at radius 3 is 2.27 bits per heavy atom. The fourth-order valence-corrected chi connectivity index (χ4v) is 2.38. The van der Waals surface area contributed by atoms with E-state index in [9.17, 15) is 9.36 Å². The Bertz CT molecular complexity index is 173. The standard InChI is InChI=1S/C4H9O5PS/c1-8-10(7,9-2)11-3-4(5)6/h3H2,1-2H3,(H,5,6). The minimum absolute atomic E-state index is 0.293. The van der Waals surface area contributed by atoms with Gasteiger partial charge < -0.3 is 14.2 Å². The monoisotopic (exact) mass is 200 g/mol. The number of hydrogen-bond donors (Lipinski definition) is 1. The second kappa shape index (κ2) is 4.77. The fraction of sp³-hybridized carbons (Fsp3) is 0.750. The van der Waals surface area contributed by atoms with Gasteiger partial charge in [0.15, 0.2) is 0 Å². The Labute approximate surface area is 68.4 Å². The van der Waals surface area contributed by atoms with Crippen LogP contribution in [0.4, 0.5) is 0 Å². The highest BCUT2D eigenvalue weighted by Crippen LogP contribution is 2.59. The van der Waals surface area contributed by atoms with Crippen LogP contribution < -0.4 is 0 Å². The van der Waals surface area contributed by atoms with Crippen molar-refractivity contribution in [3.63, 3.8) is 0 Å². The Morgan fingerprint density at radius 2 is 2.00 bits per heavy atom. The van der Waals surface area contributed by atoms with Crippen molar-refractivity contribution in [3.05, 3.63) is 0 Å². The molecule has 1 N–H and O–H groups in total. The molecular formula is C4H9O5PS. The van der Waals surface area contributed by atoms with Crippen molar-refractivity contribution in [3.8, 4) is 0 Å². The van der Waals surface area contributed by atoms with E-state index in [1.54, 1.807) is 0 Å². The van der Waals surface area contributed by atoms with Gasteiger partial charge in [0.25, 0.3) is 0 Å². The molecule has 0 bridgehead atoms. The van der Waals surface area contributed by atoms with Gasteiger partial charge >= 0.3 is 12.8 Å². The first-order valence-electron chi connectivity index (χ1n) is 2.62. The van der Waals surface area contributed by atoms with E-state index < -0.39 is 12.8 Å². The topological polar surface area (TPSA) is 72.8 Å². The van der Waals surface area contributed by atoms with Crippen LogP contribution in [0.3, 0.4) is 0 Å². The van der Waals surface area contributed by atoms with E-state index in [0.717, 1.165) is 0 Å². The smallest absolute Gasteiger partial charge is 0.389 e. The highest BCUT2D eigenvalue weighted by molar-refractivity contribution is 8.55. The van der Waals surface area contributed by atoms with Crippen LogP contribution >= 0.6 is 18.2 Å². The predicted octanol–water partition coefficient (Wildman–Crippen LogP) is 1.21. The Morgan fingerprint density at radius 1 is 1.55 bits per heavy atom. The van der Waals surface area contributed by atoms with Crippen LogP contribution in [0.2, 0.25) is 0 Å². The summed E-state index contributed by atoms with van der Waals surface area (Å²) < 4.78 is 20.1. The van der Waals surface area contributed by atoms with E-state index >= 15 is 0 Å². The summed E-state index contributed by atoms with van der Waals surface area (Å²) in [5.74, 6) is -1.34. The predicted molar refractivity (Wildman–Crippen MR) is 41.7 cm³/mol. The molecule has 7 heteroatoms. The molecule has 5 nitrogen and oxygen atoms in total. The molecule has 0 atom stereocenters. The fourth-order valence-electron chi connectivity index (χ4n) is 0.314. The number of carboxylic acids is 1. The summed E-state index contributed by atoms with van der Waals surface area (Å²) in [5.41, 5.74) is 0. The largest absolute Gasteiger partial charge is 0.481 e. The normalized spacial score (nSPS) is 11.5.